The molecular weight excluding hydrogens is 272 g/mol. The van der Waals surface area contributed by atoms with Crippen molar-refractivity contribution in [1.29, 1.82) is 5.26 Å². The van der Waals surface area contributed by atoms with E-state index in [1.807, 2.05) is 6.07 Å². The molecule has 1 aromatic heterocycles. The van der Waals surface area contributed by atoms with Crippen LogP contribution in [0, 0.1) is 11.3 Å². The van der Waals surface area contributed by atoms with Crippen LogP contribution in [0.15, 0.2) is 30.5 Å². The van der Waals surface area contributed by atoms with Crippen LogP contribution < -0.4 is 11.1 Å². The number of hydrogen-bond acceptors (Lipinski definition) is 5. The number of aliphatic carboxylic acids is 1. The number of nitrogens with two attached hydrogens (primary N) is 1. The summed E-state index contributed by atoms with van der Waals surface area (Å²) < 4.78 is 0. The molecule has 7 nitrogen and oxygen atoms in total. The Morgan fingerprint density at radius 1 is 1.43 bits per heavy atom. The first-order chi connectivity index (χ1) is 10.0. The van der Waals surface area contributed by atoms with E-state index in [0.29, 0.717) is 16.8 Å². The van der Waals surface area contributed by atoms with E-state index in [9.17, 15) is 9.59 Å². The minimum atomic E-state index is -1.20. The summed E-state index contributed by atoms with van der Waals surface area (Å²) in [5, 5.41) is 22.1. The van der Waals surface area contributed by atoms with Crippen LogP contribution in [0.4, 0.5) is 5.82 Å². The number of rotatable bonds is 5. The van der Waals surface area contributed by atoms with E-state index in [1.165, 1.54) is 6.20 Å². The Morgan fingerprint density at radius 2 is 2.19 bits per heavy atom. The number of carboxylic acids is 1. The van der Waals surface area contributed by atoms with Gasteiger partial charge in [0.15, 0.2) is 0 Å². The van der Waals surface area contributed by atoms with Gasteiger partial charge in [0, 0.05) is 11.6 Å². The fraction of sp³-hybridized carbons (Fsp3) is 0.143. The second-order valence-corrected chi connectivity index (χ2v) is 4.41. The predicted octanol–water partition coefficient (Wildman–Crippen LogP) is 0.847. The number of benzene rings is 1. The molecule has 0 fully saturated rings. The maximum atomic E-state index is 11.1. The lowest BCUT2D eigenvalue weighted by Gasteiger charge is -2.15. The third-order valence-electron chi connectivity index (χ3n) is 2.91. The minimum absolute atomic E-state index is 0.290. The number of carboxylic acid groups (broad SMARTS) is 1. The van der Waals surface area contributed by atoms with Crippen molar-refractivity contribution in [2.75, 3.05) is 5.32 Å². The molecule has 0 spiro atoms. The van der Waals surface area contributed by atoms with Crippen LogP contribution in [-0.2, 0) is 9.59 Å². The summed E-state index contributed by atoms with van der Waals surface area (Å²) >= 11 is 0. The molecule has 1 atom stereocenters. The monoisotopic (exact) mass is 284 g/mol. The van der Waals surface area contributed by atoms with Crippen molar-refractivity contribution in [3.63, 3.8) is 0 Å². The highest BCUT2D eigenvalue weighted by Gasteiger charge is 2.21. The molecule has 4 N–H and O–H groups in total. The molecule has 1 unspecified atom stereocenters. The van der Waals surface area contributed by atoms with E-state index in [0.717, 1.165) is 5.39 Å². The number of amides is 1. The Bertz CT molecular complexity index is 751. The molecule has 1 amide bonds. The zero-order chi connectivity index (χ0) is 15.4. The van der Waals surface area contributed by atoms with Crippen LogP contribution in [0.3, 0.4) is 0 Å². The standard InChI is InChI=1S/C14H12N4O3/c15-7-8-1-2-9-3-4-17-13(10(9)5-8)18-11(14(20)21)6-12(16)19/h1-5,11H,6H2,(H2,16,19)(H,17,18)(H,20,21). The Morgan fingerprint density at radius 3 is 2.81 bits per heavy atom. The number of fused-ring (bicyclic) bond motifs is 1. The number of pyridine rings is 1. The summed E-state index contributed by atoms with van der Waals surface area (Å²) in [4.78, 5) is 26.1. The fourth-order valence-corrected chi connectivity index (χ4v) is 1.92. The van der Waals surface area contributed by atoms with Gasteiger partial charge in [0.2, 0.25) is 5.91 Å². The lowest BCUT2D eigenvalue weighted by molar-refractivity contribution is -0.139. The number of carbonyl (C=O) groups excluding carboxylic acids is 1. The maximum absolute atomic E-state index is 11.1. The third kappa shape index (κ3) is 3.25. The lowest BCUT2D eigenvalue weighted by atomic mass is 10.1. The highest BCUT2D eigenvalue weighted by molar-refractivity contribution is 5.94. The summed E-state index contributed by atoms with van der Waals surface area (Å²) in [6.45, 7) is 0. The van der Waals surface area contributed by atoms with Crippen LogP contribution in [0.1, 0.15) is 12.0 Å². The van der Waals surface area contributed by atoms with Crippen LogP contribution in [0.5, 0.6) is 0 Å². The molecule has 106 valence electrons. The summed E-state index contributed by atoms with van der Waals surface area (Å²) in [5.74, 6) is -1.64. The van der Waals surface area contributed by atoms with Crippen LogP contribution >= 0.6 is 0 Å². The number of aromatic nitrogens is 1. The Hall–Kier alpha value is -3.14. The zero-order valence-electron chi connectivity index (χ0n) is 10.9. The number of primary amides is 1. The van der Waals surface area contributed by atoms with Crippen molar-refractivity contribution in [3.8, 4) is 6.07 Å². The van der Waals surface area contributed by atoms with Gasteiger partial charge in [0.25, 0.3) is 0 Å². The van der Waals surface area contributed by atoms with Crippen molar-refractivity contribution in [3.05, 3.63) is 36.0 Å². The normalized spacial score (nSPS) is 11.6. The van der Waals surface area contributed by atoms with Crippen molar-refractivity contribution in [1.82, 2.24) is 4.98 Å². The van der Waals surface area contributed by atoms with Crippen molar-refractivity contribution < 1.29 is 14.7 Å². The van der Waals surface area contributed by atoms with Gasteiger partial charge in [-0.2, -0.15) is 5.26 Å². The minimum Gasteiger partial charge on any atom is -0.480 e. The number of carbonyl (C=O) groups is 2. The van der Waals surface area contributed by atoms with Crippen LogP contribution in [0.2, 0.25) is 0 Å². The second-order valence-electron chi connectivity index (χ2n) is 4.41. The lowest BCUT2D eigenvalue weighted by Crippen LogP contribution is -2.34. The van der Waals surface area contributed by atoms with Gasteiger partial charge in [-0.1, -0.05) is 6.07 Å². The highest BCUT2D eigenvalue weighted by Crippen LogP contribution is 2.23. The molecule has 1 aromatic carbocycles. The first-order valence-corrected chi connectivity index (χ1v) is 6.08. The first kappa shape index (κ1) is 14.3. The topological polar surface area (TPSA) is 129 Å². The molecular formula is C14H12N4O3. The summed E-state index contributed by atoms with van der Waals surface area (Å²) in [6, 6.07) is 7.58. The molecule has 0 bridgehead atoms. The quantitative estimate of drug-likeness (QED) is 0.746. The third-order valence-corrected chi connectivity index (χ3v) is 2.91. The predicted molar refractivity (Wildman–Crippen MR) is 75.3 cm³/mol. The van der Waals surface area contributed by atoms with Crippen molar-refractivity contribution in [2.45, 2.75) is 12.5 Å². The van der Waals surface area contributed by atoms with Gasteiger partial charge in [0.1, 0.15) is 11.9 Å². The van der Waals surface area contributed by atoms with E-state index in [2.05, 4.69) is 10.3 Å². The fourth-order valence-electron chi connectivity index (χ4n) is 1.92. The molecule has 0 aliphatic carbocycles. The Labute approximate surface area is 120 Å². The van der Waals surface area contributed by atoms with Crippen LogP contribution in [-0.4, -0.2) is 28.0 Å². The number of anilines is 1. The molecule has 0 aliphatic heterocycles. The summed E-state index contributed by atoms with van der Waals surface area (Å²) in [6.07, 6.45) is 1.16. The summed E-state index contributed by atoms with van der Waals surface area (Å²) in [5.41, 5.74) is 5.47. The van der Waals surface area contributed by atoms with Gasteiger partial charge in [-0.3, -0.25) is 4.79 Å². The van der Waals surface area contributed by atoms with Gasteiger partial charge in [-0.15, -0.1) is 0 Å². The van der Waals surface area contributed by atoms with Crippen LogP contribution in [0.25, 0.3) is 10.8 Å². The number of hydrogen-bond donors (Lipinski definition) is 3. The van der Waals surface area contributed by atoms with Gasteiger partial charge < -0.3 is 16.2 Å². The summed E-state index contributed by atoms with van der Waals surface area (Å²) in [7, 11) is 0. The van der Waals surface area contributed by atoms with Gasteiger partial charge >= 0.3 is 5.97 Å². The maximum Gasteiger partial charge on any atom is 0.326 e. The number of nitrogens with zero attached hydrogens (tertiary/aromatic N) is 2. The Balaban J connectivity index is 2.43. The second kappa shape index (κ2) is 5.88. The van der Waals surface area contributed by atoms with E-state index in [1.54, 1.807) is 24.3 Å². The highest BCUT2D eigenvalue weighted by atomic mass is 16.4. The zero-order valence-corrected chi connectivity index (χ0v) is 10.9. The molecule has 0 saturated carbocycles. The molecule has 21 heavy (non-hydrogen) atoms. The van der Waals surface area contributed by atoms with Crippen molar-refractivity contribution in [2.24, 2.45) is 5.73 Å². The molecule has 2 aromatic rings. The average molecular weight is 284 g/mol. The molecule has 2 rings (SSSR count). The van der Waals surface area contributed by atoms with E-state index < -0.39 is 17.9 Å². The SMILES string of the molecule is N#Cc1ccc2ccnc(NC(CC(N)=O)C(=O)O)c2c1. The molecule has 0 saturated heterocycles. The van der Waals surface area contributed by atoms with E-state index in [4.69, 9.17) is 16.1 Å². The molecule has 0 aliphatic rings. The average Bonchev–Trinajstić information content (AvgIpc) is 2.45. The van der Waals surface area contributed by atoms with Gasteiger partial charge in [-0.05, 0) is 23.6 Å². The first-order valence-electron chi connectivity index (χ1n) is 6.08. The van der Waals surface area contributed by atoms with E-state index in [-0.39, 0.29) is 6.42 Å². The van der Waals surface area contributed by atoms with Crippen molar-refractivity contribution >= 4 is 28.5 Å². The largest absolute Gasteiger partial charge is 0.480 e. The molecule has 1 heterocycles. The molecule has 0 radical (unpaired) electrons. The van der Waals surface area contributed by atoms with E-state index >= 15 is 0 Å². The molecule has 7 heteroatoms. The number of nitriles is 1. The van der Waals surface area contributed by atoms with Gasteiger partial charge in [-0.25, -0.2) is 9.78 Å². The number of nitrogens with one attached hydrogen (secondary N) is 1. The Kier molecular flexibility index (Phi) is 4.00. The van der Waals surface area contributed by atoms with Gasteiger partial charge in [0.05, 0.1) is 18.1 Å². The smallest absolute Gasteiger partial charge is 0.326 e.